The first-order valence-corrected chi connectivity index (χ1v) is 10.5. The molecule has 0 bridgehead atoms. The predicted molar refractivity (Wildman–Crippen MR) is 112 cm³/mol. The third-order valence-corrected chi connectivity index (χ3v) is 5.80. The molecule has 0 radical (unpaired) electrons. The number of carbonyl (C=O) groups excluding carboxylic acids is 1. The normalized spacial score (nSPS) is 15.7. The van der Waals surface area contributed by atoms with Crippen LogP contribution in [-0.2, 0) is 22.9 Å². The molecule has 1 aliphatic carbocycles. The smallest absolute Gasteiger partial charge is 0.340 e. The molecule has 4 rings (SSSR count). The number of alkyl halides is 3. The topological polar surface area (TPSA) is 42.0 Å². The minimum absolute atomic E-state index is 0.0999. The number of benzene rings is 2. The van der Waals surface area contributed by atoms with Crippen molar-refractivity contribution >= 4 is 17.5 Å². The number of nitrogens with zero attached hydrogens (tertiary/aromatic N) is 1. The summed E-state index contributed by atoms with van der Waals surface area (Å²) in [5, 5.41) is 3.03. The van der Waals surface area contributed by atoms with E-state index in [4.69, 9.17) is 11.6 Å². The van der Waals surface area contributed by atoms with Crippen LogP contribution in [0.25, 0.3) is 0 Å². The van der Waals surface area contributed by atoms with Crippen LogP contribution in [0, 0.1) is 17.6 Å². The van der Waals surface area contributed by atoms with E-state index in [1.807, 2.05) is 0 Å². The van der Waals surface area contributed by atoms with Gasteiger partial charge in [-0.2, -0.15) is 13.2 Å². The molecular weight excluding hydrogens is 463 g/mol. The number of nitrogens with one attached hydrogen (secondary N) is 1. The molecule has 3 aromatic rings. The molecule has 1 N–H and O–H groups in total. The molecule has 9 heteroatoms. The first-order chi connectivity index (χ1) is 15.6. The number of hydrogen-bond acceptors (Lipinski definition) is 2. The van der Waals surface area contributed by atoms with Gasteiger partial charge in [-0.15, -0.1) is 0 Å². The molecule has 0 aliphatic heterocycles. The van der Waals surface area contributed by atoms with E-state index in [1.165, 1.54) is 36.5 Å². The van der Waals surface area contributed by atoms with E-state index in [1.54, 1.807) is 6.07 Å². The summed E-state index contributed by atoms with van der Waals surface area (Å²) in [6.07, 6.45) is -2.64. The molecule has 1 fully saturated rings. The Bertz CT molecular complexity index is 1180. The van der Waals surface area contributed by atoms with Crippen molar-refractivity contribution in [1.29, 1.82) is 0 Å². The van der Waals surface area contributed by atoms with Crippen molar-refractivity contribution < 1.29 is 26.7 Å². The molecule has 3 nitrogen and oxygen atoms in total. The van der Waals surface area contributed by atoms with Crippen LogP contribution in [0.1, 0.15) is 35.2 Å². The van der Waals surface area contributed by atoms with Gasteiger partial charge in [0.25, 0.3) is 0 Å². The highest BCUT2D eigenvalue weighted by Crippen LogP contribution is 2.39. The Labute approximate surface area is 191 Å². The third-order valence-electron chi connectivity index (χ3n) is 5.58. The number of carbonyl (C=O) groups is 1. The van der Waals surface area contributed by atoms with Gasteiger partial charge in [0.05, 0.1) is 16.3 Å². The lowest BCUT2D eigenvalue weighted by Crippen LogP contribution is -2.50. The van der Waals surface area contributed by atoms with E-state index >= 15 is 0 Å². The zero-order valence-electron chi connectivity index (χ0n) is 17.1. The largest absolute Gasteiger partial charge is 0.416 e. The van der Waals surface area contributed by atoms with Gasteiger partial charge < -0.3 is 5.32 Å². The Morgan fingerprint density at radius 2 is 1.73 bits per heavy atom. The summed E-state index contributed by atoms with van der Waals surface area (Å²) in [5.74, 6) is -2.52. The average molecular weight is 481 g/mol. The van der Waals surface area contributed by atoms with E-state index in [0.29, 0.717) is 18.9 Å². The molecule has 172 valence electrons. The third kappa shape index (κ3) is 5.00. The quantitative estimate of drug-likeness (QED) is 0.437. The number of rotatable bonds is 6. The highest BCUT2D eigenvalue weighted by atomic mass is 35.5. The van der Waals surface area contributed by atoms with E-state index in [2.05, 4.69) is 10.3 Å². The van der Waals surface area contributed by atoms with Crippen LogP contribution in [0.2, 0.25) is 5.02 Å². The van der Waals surface area contributed by atoms with Crippen LogP contribution in [0.3, 0.4) is 0 Å². The Kier molecular flexibility index (Phi) is 6.14. The van der Waals surface area contributed by atoms with E-state index in [9.17, 15) is 26.7 Å². The molecule has 33 heavy (non-hydrogen) atoms. The van der Waals surface area contributed by atoms with Crippen LogP contribution >= 0.6 is 11.6 Å². The molecule has 1 aliphatic rings. The van der Waals surface area contributed by atoms with Crippen molar-refractivity contribution in [3.8, 4) is 0 Å². The highest BCUT2D eigenvalue weighted by molar-refractivity contribution is 6.30. The fraction of sp³-hybridized carbons (Fsp3) is 0.250. The summed E-state index contributed by atoms with van der Waals surface area (Å²) in [6, 6.07) is 10.6. The second kappa shape index (κ2) is 8.74. The number of amides is 1. The molecule has 1 aromatic heterocycles. The van der Waals surface area contributed by atoms with Gasteiger partial charge in [-0.25, -0.2) is 8.78 Å². The molecule has 2 aromatic carbocycles. The fourth-order valence-corrected chi connectivity index (χ4v) is 3.85. The molecule has 0 spiro atoms. The summed E-state index contributed by atoms with van der Waals surface area (Å²) < 4.78 is 69.7. The number of pyridine rings is 1. The highest BCUT2D eigenvalue weighted by Gasteiger charge is 2.43. The minimum atomic E-state index is -4.84. The fourth-order valence-electron chi connectivity index (χ4n) is 3.73. The Morgan fingerprint density at radius 1 is 1.03 bits per heavy atom. The molecular formula is C24H18ClF5N2O. The predicted octanol–water partition coefficient (Wildman–Crippen LogP) is 6.04. The van der Waals surface area contributed by atoms with Crippen molar-refractivity contribution in [3.63, 3.8) is 0 Å². The maximum absolute atomic E-state index is 14.7. The summed E-state index contributed by atoms with van der Waals surface area (Å²) >= 11 is 5.95. The zero-order valence-corrected chi connectivity index (χ0v) is 17.9. The summed E-state index contributed by atoms with van der Waals surface area (Å²) in [6.45, 7) is 0. The van der Waals surface area contributed by atoms with Crippen LogP contribution in [-0.4, -0.2) is 10.9 Å². The minimum Gasteiger partial charge on any atom is -0.340 e. The van der Waals surface area contributed by atoms with E-state index in [0.717, 1.165) is 12.1 Å². The standard InChI is InChI=1S/C24H18ClF5N2O/c25-18-7-8-21(31-13-18)23(32-22(33)14-5-6-14,12-15-3-1-2-4-20(15)27)16-9-17(24(28,29)30)11-19(26)10-16/h1-4,7-11,13-14H,5-6,12H2,(H,32,33)/t23-/m0/s1. The summed E-state index contributed by atoms with van der Waals surface area (Å²) in [7, 11) is 0. The summed E-state index contributed by atoms with van der Waals surface area (Å²) in [4.78, 5) is 17.1. The second-order valence-electron chi connectivity index (χ2n) is 8.03. The average Bonchev–Trinajstić information content (AvgIpc) is 3.60. The number of hydrogen-bond donors (Lipinski definition) is 1. The lowest BCUT2D eigenvalue weighted by atomic mass is 9.79. The van der Waals surface area contributed by atoms with E-state index in [-0.39, 0.29) is 34.2 Å². The second-order valence-corrected chi connectivity index (χ2v) is 8.46. The van der Waals surface area contributed by atoms with Crippen molar-refractivity contribution in [1.82, 2.24) is 10.3 Å². The molecule has 1 atom stereocenters. The van der Waals surface area contributed by atoms with Gasteiger partial charge in [-0.05, 0) is 60.4 Å². The van der Waals surface area contributed by atoms with Gasteiger partial charge >= 0.3 is 6.18 Å². The maximum atomic E-state index is 14.7. The molecule has 0 unspecified atom stereocenters. The lowest BCUT2D eigenvalue weighted by Gasteiger charge is -2.36. The first kappa shape index (κ1) is 23.2. The molecule has 0 saturated heterocycles. The van der Waals surface area contributed by atoms with Crippen LogP contribution in [0.5, 0.6) is 0 Å². The monoisotopic (exact) mass is 480 g/mol. The Balaban J connectivity index is 1.98. The van der Waals surface area contributed by atoms with Crippen LogP contribution < -0.4 is 5.32 Å². The molecule has 1 amide bonds. The SMILES string of the molecule is O=C(N[C@@](Cc1ccccc1F)(c1cc(F)cc(C(F)(F)F)c1)c1ccc(Cl)cn1)C1CC1. The Morgan fingerprint density at radius 3 is 2.33 bits per heavy atom. The van der Waals surface area contributed by atoms with Crippen LogP contribution in [0.4, 0.5) is 22.0 Å². The lowest BCUT2D eigenvalue weighted by molar-refractivity contribution is -0.137. The van der Waals surface area contributed by atoms with Crippen molar-refractivity contribution in [2.24, 2.45) is 5.92 Å². The summed E-state index contributed by atoms with van der Waals surface area (Å²) in [5.41, 5.74) is -3.01. The van der Waals surface area contributed by atoms with Crippen molar-refractivity contribution in [3.05, 3.63) is 99.8 Å². The molecule has 1 saturated carbocycles. The van der Waals surface area contributed by atoms with Crippen molar-refractivity contribution in [2.75, 3.05) is 0 Å². The number of aromatic nitrogens is 1. The maximum Gasteiger partial charge on any atom is 0.416 e. The first-order valence-electron chi connectivity index (χ1n) is 10.1. The van der Waals surface area contributed by atoms with Gasteiger partial charge in [0, 0.05) is 18.5 Å². The van der Waals surface area contributed by atoms with Gasteiger partial charge in [0.15, 0.2) is 0 Å². The zero-order chi connectivity index (χ0) is 23.8. The van der Waals surface area contributed by atoms with Crippen molar-refractivity contribution in [2.45, 2.75) is 31.0 Å². The van der Waals surface area contributed by atoms with Gasteiger partial charge in [0.1, 0.15) is 17.2 Å². The Hall–Kier alpha value is -3.00. The van der Waals surface area contributed by atoms with Gasteiger partial charge in [-0.3, -0.25) is 9.78 Å². The number of halogens is 6. The van der Waals surface area contributed by atoms with Gasteiger partial charge in [-0.1, -0.05) is 29.8 Å². The molecule has 1 heterocycles. The van der Waals surface area contributed by atoms with E-state index < -0.39 is 34.8 Å². The van der Waals surface area contributed by atoms with Crippen LogP contribution in [0.15, 0.2) is 60.8 Å². The van der Waals surface area contributed by atoms with Gasteiger partial charge in [0.2, 0.25) is 5.91 Å².